The first-order valence-electron chi connectivity index (χ1n) is 4.35. The monoisotopic (exact) mass is 225 g/mol. The van der Waals surface area contributed by atoms with E-state index in [1.807, 2.05) is 12.1 Å². The first kappa shape index (κ1) is 11.3. The summed E-state index contributed by atoms with van der Waals surface area (Å²) in [6, 6.07) is 5.51. The van der Waals surface area contributed by atoms with Gasteiger partial charge in [-0.3, -0.25) is 0 Å². The number of nitrogen functional groups attached to an aromatic ring is 1. The minimum atomic E-state index is 0.721. The Labute approximate surface area is 94.0 Å². The molecule has 0 heterocycles. The summed E-state index contributed by atoms with van der Waals surface area (Å²) in [6.45, 7) is 0. The summed E-state index contributed by atoms with van der Waals surface area (Å²) in [7, 11) is 0. The molecular weight excluding hydrogens is 214 g/mol. The van der Waals surface area contributed by atoms with E-state index in [9.17, 15) is 0 Å². The minimum Gasteiger partial charge on any atom is -0.398 e. The number of unbranched alkanes of at least 4 members (excludes halogenated alkanes) is 1. The van der Waals surface area contributed by atoms with E-state index < -0.39 is 0 Å². The molecule has 0 spiro atoms. The van der Waals surface area contributed by atoms with Crippen molar-refractivity contribution in [2.24, 2.45) is 0 Å². The van der Waals surface area contributed by atoms with Crippen molar-refractivity contribution in [2.45, 2.75) is 17.7 Å². The third-order valence-electron chi connectivity index (χ3n) is 1.70. The molecule has 14 heavy (non-hydrogen) atoms. The molecule has 0 amide bonds. The summed E-state index contributed by atoms with van der Waals surface area (Å²) in [6.07, 6.45) is 6.98. The molecule has 0 aliphatic rings. The second-order valence-corrected chi connectivity index (χ2v) is 4.41. The Hall–Kier alpha value is -0.780. The predicted octanol–water partition coefficient (Wildman–Crippen LogP) is 3.43. The molecule has 74 valence electrons. The minimum absolute atomic E-state index is 0.721. The van der Waals surface area contributed by atoms with E-state index >= 15 is 0 Å². The van der Waals surface area contributed by atoms with E-state index in [1.165, 1.54) is 0 Å². The van der Waals surface area contributed by atoms with Crippen LogP contribution in [0.25, 0.3) is 0 Å². The second-order valence-electron chi connectivity index (χ2n) is 2.84. The van der Waals surface area contributed by atoms with Crippen molar-refractivity contribution < 1.29 is 0 Å². The number of terminal acetylenes is 1. The van der Waals surface area contributed by atoms with Gasteiger partial charge in [0.2, 0.25) is 0 Å². The quantitative estimate of drug-likeness (QED) is 0.368. The van der Waals surface area contributed by atoms with Crippen LogP contribution < -0.4 is 5.73 Å². The van der Waals surface area contributed by atoms with Gasteiger partial charge in [-0.2, -0.15) is 0 Å². The van der Waals surface area contributed by atoms with Gasteiger partial charge < -0.3 is 5.73 Å². The third-order valence-corrected chi connectivity index (χ3v) is 3.09. The summed E-state index contributed by atoms with van der Waals surface area (Å²) in [5.41, 5.74) is 6.56. The highest BCUT2D eigenvalue weighted by Crippen LogP contribution is 2.28. The first-order chi connectivity index (χ1) is 6.74. The van der Waals surface area contributed by atoms with Gasteiger partial charge in [-0.25, -0.2) is 0 Å². The second kappa shape index (κ2) is 5.85. The van der Waals surface area contributed by atoms with E-state index in [2.05, 4.69) is 5.92 Å². The Morgan fingerprint density at radius 3 is 3.00 bits per heavy atom. The number of halogens is 1. The number of nitrogens with two attached hydrogens (primary N) is 1. The van der Waals surface area contributed by atoms with Gasteiger partial charge in [0.05, 0.1) is 0 Å². The van der Waals surface area contributed by atoms with E-state index in [1.54, 1.807) is 17.8 Å². The highest BCUT2D eigenvalue weighted by molar-refractivity contribution is 7.99. The molecule has 0 atom stereocenters. The molecule has 0 radical (unpaired) electrons. The van der Waals surface area contributed by atoms with Crippen LogP contribution in [0.15, 0.2) is 23.1 Å². The number of hydrogen-bond donors (Lipinski definition) is 1. The Bertz CT molecular complexity index is 344. The van der Waals surface area contributed by atoms with Gasteiger partial charge in [-0.1, -0.05) is 11.6 Å². The van der Waals surface area contributed by atoms with Crippen LogP contribution in [-0.4, -0.2) is 5.75 Å². The summed E-state index contributed by atoms with van der Waals surface area (Å²) in [5.74, 6) is 3.59. The number of rotatable bonds is 4. The summed E-state index contributed by atoms with van der Waals surface area (Å²) < 4.78 is 0. The molecule has 0 unspecified atom stereocenters. The van der Waals surface area contributed by atoms with Crippen LogP contribution in [0.5, 0.6) is 0 Å². The molecule has 1 aromatic carbocycles. The van der Waals surface area contributed by atoms with Crippen molar-refractivity contribution in [2.75, 3.05) is 11.5 Å². The maximum atomic E-state index is 5.86. The maximum absolute atomic E-state index is 5.86. The van der Waals surface area contributed by atoms with Gasteiger partial charge in [-0.05, 0) is 30.4 Å². The number of thioether (sulfide) groups is 1. The highest BCUT2D eigenvalue weighted by Gasteiger charge is 2.00. The molecule has 0 saturated carbocycles. The average molecular weight is 226 g/mol. The normalized spacial score (nSPS) is 9.71. The fourth-order valence-corrected chi connectivity index (χ4v) is 2.18. The van der Waals surface area contributed by atoms with Crippen LogP contribution in [-0.2, 0) is 0 Å². The summed E-state index contributed by atoms with van der Waals surface area (Å²) in [4.78, 5) is 1.04. The standard InChI is InChI=1S/C11H12ClNS/c1-2-3-4-7-14-11-8-9(12)5-6-10(11)13/h1,5-6,8H,3-4,7,13H2. The van der Waals surface area contributed by atoms with Crippen molar-refractivity contribution in [3.05, 3.63) is 23.2 Å². The van der Waals surface area contributed by atoms with Crippen molar-refractivity contribution in [1.29, 1.82) is 0 Å². The van der Waals surface area contributed by atoms with Crippen molar-refractivity contribution in [3.8, 4) is 12.3 Å². The maximum Gasteiger partial charge on any atom is 0.0453 e. The van der Waals surface area contributed by atoms with Crippen LogP contribution in [0.4, 0.5) is 5.69 Å². The Morgan fingerprint density at radius 1 is 1.50 bits per heavy atom. The summed E-state index contributed by atoms with van der Waals surface area (Å²) >= 11 is 7.55. The molecule has 1 aromatic rings. The van der Waals surface area contributed by atoms with Crippen LogP contribution in [0, 0.1) is 12.3 Å². The molecule has 0 aliphatic carbocycles. The van der Waals surface area contributed by atoms with Crippen molar-refractivity contribution >= 4 is 29.1 Å². The fraction of sp³-hybridized carbons (Fsp3) is 0.273. The number of hydrogen-bond acceptors (Lipinski definition) is 2. The number of benzene rings is 1. The Balaban J connectivity index is 2.50. The Morgan fingerprint density at radius 2 is 2.29 bits per heavy atom. The zero-order chi connectivity index (χ0) is 10.4. The number of anilines is 1. The van der Waals surface area contributed by atoms with E-state index in [-0.39, 0.29) is 0 Å². The fourth-order valence-electron chi connectivity index (χ4n) is 0.990. The van der Waals surface area contributed by atoms with Crippen molar-refractivity contribution in [3.63, 3.8) is 0 Å². The first-order valence-corrected chi connectivity index (χ1v) is 5.71. The smallest absolute Gasteiger partial charge is 0.0453 e. The molecule has 1 nitrogen and oxygen atoms in total. The lowest BCUT2D eigenvalue weighted by atomic mass is 10.3. The lowest BCUT2D eigenvalue weighted by molar-refractivity contribution is 0.997. The molecule has 0 aromatic heterocycles. The van der Waals surface area contributed by atoms with Gasteiger partial charge in [0.15, 0.2) is 0 Å². The summed E-state index contributed by atoms with van der Waals surface area (Å²) in [5, 5.41) is 0.721. The van der Waals surface area contributed by atoms with E-state index in [4.69, 9.17) is 23.8 Å². The topological polar surface area (TPSA) is 26.0 Å². The van der Waals surface area contributed by atoms with Gasteiger partial charge in [0.25, 0.3) is 0 Å². The van der Waals surface area contributed by atoms with Crippen molar-refractivity contribution in [1.82, 2.24) is 0 Å². The molecule has 0 saturated heterocycles. The van der Waals surface area contributed by atoms with Gasteiger partial charge in [-0.15, -0.1) is 24.1 Å². The molecule has 2 N–H and O–H groups in total. The van der Waals surface area contributed by atoms with Crippen LogP contribution in [0.1, 0.15) is 12.8 Å². The highest BCUT2D eigenvalue weighted by atomic mass is 35.5. The van der Waals surface area contributed by atoms with E-state index in [0.717, 1.165) is 34.2 Å². The zero-order valence-electron chi connectivity index (χ0n) is 7.79. The average Bonchev–Trinajstić information content (AvgIpc) is 2.18. The lowest BCUT2D eigenvalue weighted by Gasteiger charge is -2.04. The zero-order valence-corrected chi connectivity index (χ0v) is 9.37. The van der Waals surface area contributed by atoms with Crippen LogP contribution in [0.2, 0.25) is 5.02 Å². The molecule has 0 aliphatic heterocycles. The van der Waals surface area contributed by atoms with Gasteiger partial charge >= 0.3 is 0 Å². The lowest BCUT2D eigenvalue weighted by Crippen LogP contribution is -1.89. The SMILES string of the molecule is C#CCCCSc1cc(Cl)ccc1N. The van der Waals surface area contributed by atoms with Gasteiger partial charge in [0, 0.05) is 22.0 Å². The third kappa shape index (κ3) is 3.53. The van der Waals surface area contributed by atoms with E-state index in [0.29, 0.717) is 0 Å². The predicted molar refractivity (Wildman–Crippen MR) is 64.7 cm³/mol. The Kier molecular flexibility index (Phi) is 4.72. The van der Waals surface area contributed by atoms with Crippen LogP contribution in [0.3, 0.4) is 0 Å². The molecule has 1 rings (SSSR count). The van der Waals surface area contributed by atoms with Crippen LogP contribution >= 0.6 is 23.4 Å². The largest absolute Gasteiger partial charge is 0.398 e. The molecule has 3 heteroatoms. The molecular formula is C11H12ClNS. The molecule has 0 bridgehead atoms. The molecule has 0 fully saturated rings. The van der Waals surface area contributed by atoms with Gasteiger partial charge in [0.1, 0.15) is 0 Å².